The van der Waals surface area contributed by atoms with E-state index in [0.29, 0.717) is 0 Å². The van der Waals surface area contributed by atoms with Gasteiger partial charge in [0, 0.05) is 54.3 Å². The molecular weight excluding hydrogens is 767 g/mol. The van der Waals surface area contributed by atoms with Crippen molar-refractivity contribution < 1.29 is 4.99 Å². The number of nitrogens with one attached hydrogen (secondary N) is 2. The number of anilines is 1. The lowest BCUT2D eigenvalue weighted by Gasteiger charge is -2.23. The molecule has 5 heteroatoms. The molecule has 0 saturated carbocycles. The van der Waals surface area contributed by atoms with E-state index in [4.69, 9.17) is 0 Å². The van der Waals surface area contributed by atoms with Crippen LogP contribution in [0.15, 0.2) is 200 Å². The number of benzene rings is 10. The molecule has 1 aliphatic rings. The fraction of sp³-hybridized carbons (Fsp3) is 0.0172. The number of rotatable bonds is 3. The van der Waals surface area contributed by atoms with Gasteiger partial charge in [0.15, 0.2) is 0 Å². The van der Waals surface area contributed by atoms with Crippen molar-refractivity contribution in [2.45, 2.75) is 6.29 Å². The van der Waals surface area contributed by atoms with Crippen LogP contribution in [-0.4, -0.2) is 19.2 Å². The van der Waals surface area contributed by atoms with Crippen LogP contribution in [0, 0.1) is 0 Å². The van der Waals surface area contributed by atoms with Crippen LogP contribution in [0.5, 0.6) is 0 Å². The van der Waals surface area contributed by atoms with E-state index in [-0.39, 0.29) is 6.29 Å². The maximum atomic E-state index is 4.16. The number of hydrogen-bond acceptors (Lipinski definition) is 1. The van der Waals surface area contributed by atoms with E-state index in [1.807, 2.05) is 0 Å². The minimum atomic E-state index is -0.333. The van der Waals surface area contributed by atoms with Gasteiger partial charge in [0.25, 0.3) is 0 Å². The SMILES string of the molecule is c1ccc(-n2c3ccccc3c3ccc(C4=[NH+]C(n5c6ccccc6c6c7ccccc7c7c8cccc9c%10cc%11ccccc%11cc%10n(c98)c7c65)Nc5ccccc54)cc32)cc1. The van der Waals surface area contributed by atoms with E-state index >= 15 is 0 Å². The molecule has 0 bridgehead atoms. The predicted octanol–water partition coefficient (Wildman–Crippen LogP) is 12.8. The Morgan fingerprint density at radius 1 is 0.397 bits per heavy atom. The standard InChI is InChI=1S/C58H35N5/c1-2-17-37(18-3-1)61-48-27-12-9-19-38(48)39-30-29-36(33-50(39)61)54-43-22-8-11-26-47(43)59-58(60-54)63-49-28-13-10-23-44(49)52-40-20-6-7-21-41(40)53-45-25-14-24-42-46-31-34-15-4-5-16-35(34)32-51(46)62(55(42)45)56(53)57(52)63/h1-33,58-59H/p+1. The lowest BCUT2D eigenvalue weighted by atomic mass is 9.97. The molecule has 4 aromatic heterocycles. The number of hydrogen-bond donors (Lipinski definition) is 2. The third kappa shape index (κ3) is 4.33. The van der Waals surface area contributed by atoms with Crippen LogP contribution in [-0.2, 0) is 0 Å². The molecule has 1 aliphatic heterocycles. The fourth-order valence-electron chi connectivity index (χ4n) is 11.5. The molecule has 292 valence electrons. The zero-order valence-corrected chi connectivity index (χ0v) is 34.0. The average molecular weight is 803 g/mol. The number of aromatic nitrogens is 3. The van der Waals surface area contributed by atoms with Gasteiger partial charge in [0.1, 0.15) is 0 Å². The Kier molecular flexibility index (Phi) is 6.41. The lowest BCUT2D eigenvalue weighted by Crippen LogP contribution is -2.80. The summed E-state index contributed by atoms with van der Waals surface area (Å²) in [5.74, 6) is 0. The highest BCUT2D eigenvalue weighted by Crippen LogP contribution is 2.48. The summed E-state index contributed by atoms with van der Waals surface area (Å²) in [7, 11) is 0. The second-order valence-electron chi connectivity index (χ2n) is 17.2. The molecule has 63 heavy (non-hydrogen) atoms. The smallest absolute Gasteiger partial charge is 0.309 e. The van der Waals surface area contributed by atoms with Crippen LogP contribution in [0.25, 0.3) is 109 Å². The van der Waals surface area contributed by atoms with Gasteiger partial charge < -0.3 is 14.3 Å². The Hall–Kier alpha value is -8.41. The first-order chi connectivity index (χ1) is 31.3. The lowest BCUT2D eigenvalue weighted by molar-refractivity contribution is -0.520. The first-order valence-corrected chi connectivity index (χ1v) is 21.8. The van der Waals surface area contributed by atoms with Crippen LogP contribution >= 0.6 is 0 Å². The van der Waals surface area contributed by atoms with Gasteiger partial charge in [-0.1, -0.05) is 140 Å². The second-order valence-corrected chi connectivity index (χ2v) is 17.2. The number of para-hydroxylation sites is 5. The van der Waals surface area contributed by atoms with Crippen molar-refractivity contribution >= 4 is 115 Å². The summed E-state index contributed by atoms with van der Waals surface area (Å²) >= 11 is 0. The molecule has 0 spiro atoms. The summed E-state index contributed by atoms with van der Waals surface area (Å²) in [5.41, 5.74) is 14.1. The number of fused-ring (bicyclic) bond motifs is 18. The van der Waals surface area contributed by atoms with E-state index in [9.17, 15) is 0 Å². The van der Waals surface area contributed by atoms with Gasteiger partial charge in [-0.3, -0.25) is 4.57 Å². The first kappa shape index (κ1) is 33.3. The predicted molar refractivity (Wildman–Crippen MR) is 263 cm³/mol. The van der Waals surface area contributed by atoms with Crippen molar-refractivity contribution in [3.05, 3.63) is 211 Å². The molecule has 0 saturated heterocycles. The highest BCUT2D eigenvalue weighted by atomic mass is 15.3. The summed E-state index contributed by atoms with van der Waals surface area (Å²) in [6.45, 7) is 0. The van der Waals surface area contributed by atoms with Gasteiger partial charge in [-0.15, -0.1) is 0 Å². The van der Waals surface area contributed by atoms with E-state index < -0.39 is 0 Å². The van der Waals surface area contributed by atoms with E-state index in [1.165, 1.54) is 103 Å². The zero-order valence-electron chi connectivity index (χ0n) is 34.0. The van der Waals surface area contributed by atoms with Crippen molar-refractivity contribution in [3.63, 3.8) is 0 Å². The maximum absolute atomic E-state index is 4.16. The van der Waals surface area contributed by atoms with Crippen LogP contribution in [0.3, 0.4) is 0 Å². The third-order valence-corrected chi connectivity index (χ3v) is 14.0. The highest BCUT2D eigenvalue weighted by molar-refractivity contribution is 6.39. The minimum absolute atomic E-state index is 0.333. The number of nitrogens with zero attached hydrogens (tertiary/aromatic N) is 3. The topological polar surface area (TPSA) is 40.3 Å². The molecule has 1 atom stereocenters. The minimum Gasteiger partial charge on any atom is -0.309 e. The largest absolute Gasteiger partial charge is 0.312 e. The zero-order chi connectivity index (χ0) is 40.9. The molecule has 10 aromatic carbocycles. The van der Waals surface area contributed by atoms with Crippen molar-refractivity contribution in [2.24, 2.45) is 0 Å². The monoisotopic (exact) mass is 802 g/mol. The Labute approximate surface area is 360 Å². The Morgan fingerprint density at radius 3 is 1.87 bits per heavy atom. The summed E-state index contributed by atoms with van der Waals surface area (Å²) in [6.07, 6.45) is -0.333. The van der Waals surface area contributed by atoms with Crippen LogP contribution in [0.4, 0.5) is 5.69 Å². The first-order valence-electron chi connectivity index (χ1n) is 21.8. The summed E-state index contributed by atoms with van der Waals surface area (Å²) in [4.78, 5) is 4.16. The van der Waals surface area contributed by atoms with E-state index in [2.05, 4.69) is 224 Å². The molecule has 15 rings (SSSR count). The van der Waals surface area contributed by atoms with Crippen LogP contribution < -0.4 is 10.3 Å². The van der Waals surface area contributed by atoms with E-state index in [0.717, 1.165) is 28.2 Å². The fourth-order valence-corrected chi connectivity index (χ4v) is 11.5. The Balaban J connectivity index is 1.08. The third-order valence-electron chi connectivity index (χ3n) is 14.0. The van der Waals surface area contributed by atoms with Gasteiger partial charge in [0.2, 0.25) is 5.71 Å². The van der Waals surface area contributed by atoms with Crippen molar-refractivity contribution in [1.29, 1.82) is 0 Å². The second kappa shape index (κ2) is 12.1. The molecule has 1 unspecified atom stereocenters. The van der Waals surface area contributed by atoms with Gasteiger partial charge in [-0.05, 0) is 82.2 Å². The van der Waals surface area contributed by atoms with Gasteiger partial charge in [0.05, 0.1) is 49.9 Å². The summed E-state index contributed by atoms with van der Waals surface area (Å²) in [5, 5.41) is 19.2. The van der Waals surface area contributed by atoms with E-state index in [1.54, 1.807) is 0 Å². The van der Waals surface area contributed by atoms with Crippen molar-refractivity contribution in [3.8, 4) is 5.69 Å². The molecule has 5 heterocycles. The highest BCUT2D eigenvalue weighted by Gasteiger charge is 2.34. The van der Waals surface area contributed by atoms with Gasteiger partial charge in [-0.25, -0.2) is 4.99 Å². The molecule has 0 radical (unpaired) electrons. The molecule has 0 fully saturated rings. The maximum Gasteiger partial charge on any atom is 0.312 e. The normalized spacial score (nSPS) is 14.4. The Bertz CT molecular complexity index is 4300. The molecule has 0 amide bonds. The molecule has 0 aliphatic carbocycles. The molecule has 2 N–H and O–H groups in total. The molecule has 14 aromatic rings. The van der Waals surface area contributed by atoms with Gasteiger partial charge in [-0.2, -0.15) is 0 Å². The van der Waals surface area contributed by atoms with Gasteiger partial charge >= 0.3 is 6.29 Å². The Morgan fingerprint density at radius 2 is 1.03 bits per heavy atom. The van der Waals surface area contributed by atoms with Crippen LogP contribution in [0.2, 0.25) is 0 Å². The van der Waals surface area contributed by atoms with Crippen molar-refractivity contribution in [1.82, 2.24) is 13.5 Å². The quantitative estimate of drug-likeness (QED) is 0.184. The average Bonchev–Trinajstić information content (AvgIpc) is 4.08. The summed E-state index contributed by atoms with van der Waals surface area (Å²) < 4.78 is 7.54. The van der Waals surface area contributed by atoms with Crippen LogP contribution in [0.1, 0.15) is 17.4 Å². The van der Waals surface area contributed by atoms with Crippen molar-refractivity contribution in [2.75, 3.05) is 5.32 Å². The molecular formula is C58H36N5+. The summed E-state index contributed by atoms with van der Waals surface area (Å²) in [6, 6.07) is 73.7. The molecule has 5 nitrogen and oxygen atoms in total.